The van der Waals surface area contributed by atoms with Gasteiger partial charge in [-0.1, -0.05) is 11.8 Å². The van der Waals surface area contributed by atoms with Gasteiger partial charge in [-0.05, 0) is 35.0 Å². The van der Waals surface area contributed by atoms with Gasteiger partial charge in [0.1, 0.15) is 10.6 Å². The Labute approximate surface area is 111 Å². The molecule has 1 aromatic rings. The van der Waals surface area contributed by atoms with E-state index in [9.17, 15) is 9.59 Å². The molecule has 7 heteroatoms. The van der Waals surface area contributed by atoms with Crippen molar-refractivity contribution in [2.75, 3.05) is 11.1 Å². The molecule has 0 bridgehead atoms. The van der Waals surface area contributed by atoms with E-state index in [4.69, 9.17) is 0 Å². The Morgan fingerprint density at radius 2 is 2.41 bits per heavy atom. The van der Waals surface area contributed by atoms with Gasteiger partial charge in [-0.2, -0.15) is 0 Å². The van der Waals surface area contributed by atoms with Gasteiger partial charge < -0.3 is 10.6 Å². The predicted octanol–water partition coefficient (Wildman–Crippen LogP) is 1.92. The number of hydrogen-bond acceptors (Lipinski definition) is 4. The number of nitrogens with zero attached hydrogens (tertiary/aromatic N) is 1. The largest absolute Gasteiger partial charge is 0.334 e. The standard InChI is InChI=1S/C10H10BrN3O2S/c1-5-6(2-3-8(11)12-5)13-9(15)7-4-17-10(16)14-7/h2-3,7H,4H2,1H3,(H,13,15)(H,14,16). The lowest BCUT2D eigenvalue weighted by atomic mass is 10.2. The zero-order valence-electron chi connectivity index (χ0n) is 8.99. The third-order valence-electron chi connectivity index (χ3n) is 2.30. The monoisotopic (exact) mass is 315 g/mol. The number of aryl methyl sites for hydroxylation is 1. The van der Waals surface area contributed by atoms with Crippen LogP contribution >= 0.6 is 27.7 Å². The molecule has 0 saturated carbocycles. The number of aromatic nitrogens is 1. The number of nitrogens with one attached hydrogen (secondary N) is 2. The number of carbonyl (C=O) groups is 2. The minimum atomic E-state index is -0.462. The van der Waals surface area contributed by atoms with E-state index in [2.05, 4.69) is 31.5 Å². The maximum atomic E-state index is 11.8. The topological polar surface area (TPSA) is 71.1 Å². The van der Waals surface area contributed by atoms with Crippen molar-refractivity contribution in [3.05, 3.63) is 22.4 Å². The molecule has 1 unspecified atom stereocenters. The van der Waals surface area contributed by atoms with Crippen molar-refractivity contribution in [3.63, 3.8) is 0 Å². The van der Waals surface area contributed by atoms with Crippen molar-refractivity contribution in [1.29, 1.82) is 0 Å². The first-order chi connectivity index (χ1) is 8.06. The lowest BCUT2D eigenvalue weighted by Gasteiger charge is -2.11. The Hall–Kier alpha value is -1.08. The molecule has 0 aliphatic carbocycles. The molecule has 1 aromatic heterocycles. The highest BCUT2D eigenvalue weighted by Gasteiger charge is 2.28. The summed E-state index contributed by atoms with van der Waals surface area (Å²) in [6.45, 7) is 1.81. The van der Waals surface area contributed by atoms with Crippen molar-refractivity contribution in [1.82, 2.24) is 10.3 Å². The van der Waals surface area contributed by atoms with Gasteiger partial charge >= 0.3 is 0 Å². The molecule has 1 aliphatic heterocycles. The number of hydrogen-bond donors (Lipinski definition) is 2. The number of amides is 2. The van der Waals surface area contributed by atoms with Crippen molar-refractivity contribution >= 4 is 44.5 Å². The van der Waals surface area contributed by atoms with Crippen LogP contribution in [0, 0.1) is 6.92 Å². The van der Waals surface area contributed by atoms with E-state index < -0.39 is 6.04 Å². The third kappa shape index (κ3) is 2.98. The molecule has 1 saturated heterocycles. The van der Waals surface area contributed by atoms with Crippen molar-refractivity contribution in [3.8, 4) is 0 Å². The zero-order valence-corrected chi connectivity index (χ0v) is 11.4. The highest BCUT2D eigenvalue weighted by atomic mass is 79.9. The van der Waals surface area contributed by atoms with Crippen molar-refractivity contribution in [2.24, 2.45) is 0 Å². The molecule has 5 nitrogen and oxygen atoms in total. The van der Waals surface area contributed by atoms with E-state index in [1.54, 1.807) is 12.1 Å². The summed E-state index contributed by atoms with van der Waals surface area (Å²) in [7, 11) is 0. The van der Waals surface area contributed by atoms with Crippen LogP contribution in [-0.2, 0) is 4.79 Å². The number of thioether (sulfide) groups is 1. The van der Waals surface area contributed by atoms with Crippen LogP contribution in [0.25, 0.3) is 0 Å². The van der Waals surface area contributed by atoms with E-state index in [0.29, 0.717) is 11.4 Å². The molecule has 1 atom stereocenters. The first kappa shape index (κ1) is 12.4. The van der Waals surface area contributed by atoms with Crippen LogP contribution in [0.15, 0.2) is 16.7 Å². The Balaban J connectivity index is 2.05. The van der Waals surface area contributed by atoms with Gasteiger partial charge in [0, 0.05) is 5.75 Å². The quantitative estimate of drug-likeness (QED) is 0.818. The molecule has 1 aliphatic rings. The van der Waals surface area contributed by atoms with E-state index >= 15 is 0 Å². The number of anilines is 1. The van der Waals surface area contributed by atoms with Gasteiger partial charge in [-0.3, -0.25) is 9.59 Å². The van der Waals surface area contributed by atoms with Crippen molar-refractivity contribution in [2.45, 2.75) is 13.0 Å². The molecule has 2 amide bonds. The van der Waals surface area contributed by atoms with Crippen LogP contribution in [0.4, 0.5) is 10.5 Å². The molecule has 17 heavy (non-hydrogen) atoms. The first-order valence-corrected chi connectivity index (χ1v) is 6.71. The summed E-state index contributed by atoms with van der Waals surface area (Å²) in [4.78, 5) is 27.0. The normalized spacial score (nSPS) is 18.9. The smallest absolute Gasteiger partial charge is 0.279 e. The predicted molar refractivity (Wildman–Crippen MR) is 70.1 cm³/mol. The summed E-state index contributed by atoms with van der Waals surface area (Å²) < 4.78 is 0.720. The van der Waals surface area contributed by atoms with Gasteiger partial charge in [0.2, 0.25) is 5.91 Å². The number of rotatable bonds is 2. The van der Waals surface area contributed by atoms with E-state index in [1.807, 2.05) is 6.92 Å². The second kappa shape index (κ2) is 5.05. The zero-order chi connectivity index (χ0) is 12.4. The molecule has 0 spiro atoms. The second-order valence-corrected chi connectivity index (χ2v) is 5.36. The van der Waals surface area contributed by atoms with Crippen LogP contribution in [-0.4, -0.2) is 27.9 Å². The van der Waals surface area contributed by atoms with E-state index in [-0.39, 0.29) is 11.1 Å². The molecule has 90 valence electrons. The third-order valence-corrected chi connectivity index (χ3v) is 3.62. The minimum Gasteiger partial charge on any atom is -0.334 e. The molecule has 0 radical (unpaired) electrons. The summed E-state index contributed by atoms with van der Waals surface area (Å²) in [5.74, 6) is 0.254. The van der Waals surface area contributed by atoms with Gasteiger partial charge in [0.25, 0.3) is 5.24 Å². The van der Waals surface area contributed by atoms with Crippen LogP contribution in [0.3, 0.4) is 0 Å². The van der Waals surface area contributed by atoms with Crippen LogP contribution in [0.2, 0.25) is 0 Å². The van der Waals surface area contributed by atoms with Crippen LogP contribution < -0.4 is 10.6 Å². The summed E-state index contributed by atoms with van der Waals surface area (Å²) in [5.41, 5.74) is 1.38. The fraction of sp³-hybridized carbons (Fsp3) is 0.300. The average molecular weight is 316 g/mol. The molecular formula is C10H10BrN3O2S. The molecule has 2 heterocycles. The van der Waals surface area contributed by atoms with Crippen LogP contribution in [0.1, 0.15) is 5.69 Å². The highest BCUT2D eigenvalue weighted by Crippen LogP contribution is 2.18. The molecule has 2 rings (SSSR count). The first-order valence-electron chi connectivity index (χ1n) is 4.93. The molecule has 1 fully saturated rings. The van der Waals surface area contributed by atoms with Gasteiger partial charge in [0.15, 0.2) is 0 Å². The Bertz CT molecular complexity index is 481. The SMILES string of the molecule is Cc1nc(Br)ccc1NC(=O)C1CSC(=O)N1. The van der Waals surface area contributed by atoms with Crippen molar-refractivity contribution < 1.29 is 9.59 Å². The summed E-state index contributed by atoms with van der Waals surface area (Å²) >= 11 is 4.37. The maximum Gasteiger partial charge on any atom is 0.279 e. The lowest BCUT2D eigenvalue weighted by molar-refractivity contribution is -0.117. The Morgan fingerprint density at radius 1 is 1.65 bits per heavy atom. The van der Waals surface area contributed by atoms with E-state index in [0.717, 1.165) is 22.1 Å². The Morgan fingerprint density at radius 3 is 3.00 bits per heavy atom. The molecular weight excluding hydrogens is 306 g/mol. The van der Waals surface area contributed by atoms with Gasteiger partial charge in [0.05, 0.1) is 11.4 Å². The number of halogens is 1. The van der Waals surface area contributed by atoms with E-state index in [1.165, 1.54) is 0 Å². The van der Waals surface area contributed by atoms with Gasteiger partial charge in [-0.25, -0.2) is 4.98 Å². The Kier molecular flexibility index (Phi) is 3.68. The summed E-state index contributed by atoms with van der Waals surface area (Å²) in [5, 5.41) is 5.18. The number of carbonyl (C=O) groups excluding carboxylic acids is 2. The fourth-order valence-corrected chi connectivity index (χ4v) is 2.58. The summed E-state index contributed by atoms with van der Waals surface area (Å²) in [6.07, 6.45) is 0. The highest BCUT2D eigenvalue weighted by molar-refractivity contribution is 9.10. The molecule has 0 aromatic carbocycles. The van der Waals surface area contributed by atoms with Crippen LogP contribution in [0.5, 0.6) is 0 Å². The maximum absolute atomic E-state index is 11.8. The number of pyridine rings is 1. The minimum absolute atomic E-state index is 0.157. The lowest BCUT2D eigenvalue weighted by Crippen LogP contribution is -2.38. The van der Waals surface area contributed by atoms with Gasteiger partial charge in [-0.15, -0.1) is 0 Å². The average Bonchev–Trinajstić information content (AvgIpc) is 2.69. The summed E-state index contributed by atoms with van der Waals surface area (Å²) in [6, 6.07) is 3.06. The fourth-order valence-electron chi connectivity index (χ4n) is 1.41. The molecule has 2 N–H and O–H groups in total. The second-order valence-electron chi connectivity index (χ2n) is 3.55.